The van der Waals surface area contributed by atoms with E-state index in [1.807, 2.05) is 0 Å². The summed E-state index contributed by atoms with van der Waals surface area (Å²) in [6.07, 6.45) is -0.345. The van der Waals surface area contributed by atoms with E-state index < -0.39 is 20.2 Å². The Morgan fingerprint density at radius 2 is 1.87 bits per heavy atom. The number of hydrogen-bond donors (Lipinski definition) is 1. The topological polar surface area (TPSA) is 82.1 Å². The fourth-order valence-electron chi connectivity index (χ4n) is 1.02. The van der Waals surface area contributed by atoms with E-state index in [0.717, 1.165) is 0 Å². The molecule has 0 aliphatic rings. The molecule has 0 amide bonds. The first-order valence-electron chi connectivity index (χ1n) is 4.77. The number of ether oxygens (including phenoxy) is 2. The van der Waals surface area contributed by atoms with Crippen molar-refractivity contribution >= 4 is 14.4 Å². The second kappa shape index (κ2) is 6.82. The Kier molecular flexibility index (Phi) is 6.56. The third kappa shape index (κ3) is 5.16. The molecule has 1 atom stereocenters. The summed E-state index contributed by atoms with van der Waals surface area (Å²) in [6, 6.07) is 0. The molecule has 0 aromatic rings. The van der Waals surface area contributed by atoms with Crippen LogP contribution in [0.4, 0.5) is 4.79 Å². The summed E-state index contributed by atoms with van der Waals surface area (Å²) >= 11 is 0. The zero-order chi connectivity index (χ0) is 11.9. The average molecular weight is 240 g/mol. The van der Waals surface area contributed by atoms with Crippen LogP contribution in [0.15, 0.2) is 0 Å². The number of carbonyl (C=O) groups excluding carboxylic acids is 1. The smallest absolute Gasteiger partial charge is 0.435 e. The third-order valence-corrected chi connectivity index (χ3v) is 2.43. The van der Waals surface area contributed by atoms with Crippen molar-refractivity contribution in [3.63, 3.8) is 0 Å². The Labute approximate surface area is 89.5 Å². The van der Waals surface area contributed by atoms with Crippen LogP contribution >= 0.6 is 8.25 Å². The van der Waals surface area contributed by atoms with Crippen molar-refractivity contribution in [3.05, 3.63) is 0 Å². The lowest BCUT2D eigenvalue weighted by Crippen LogP contribution is -2.35. The molecule has 0 aliphatic carbocycles. The molecule has 0 spiro atoms. The van der Waals surface area contributed by atoms with Crippen LogP contribution in [0.3, 0.4) is 0 Å². The molecule has 0 heterocycles. The lowest BCUT2D eigenvalue weighted by atomic mass is 10.1. The van der Waals surface area contributed by atoms with Crippen LogP contribution < -0.4 is 0 Å². The molecule has 7 heteroatoms. The van der Waals surface area contributed by atoms with E-state index in [1.54, 1.807) is 20.8 Å². The number of carbonyl (C=O) groups is 1. The quantitative estimate of drug-likeness (QED) is 0.434. The number of rotatable bonds is 6. The summed E-state index contributed by atoms with van der Waals surface area (Å²) in [6.45, 7) is 5.19. The predicted molar refractivity (Wildman–Crippen MR) is 53.7 cm³/mol. The maximum Gasteiger partial charge on any atom is 0.510 e. The minimum Gasteiger partial charge on any atom is -0.435 e. The molecule has 6 nitrogen and oxygen atoms in total. The summed E-state index contributed by atoms with van der Waals surface area (Å²) in [5.41, 5.74) is 0. The van der Waals surface area contributed by atoms with Crippen LogP contribution in [-0.2, 0) is 18.6 Å². The van der Waals surface area contributed by atoms with Crippen molar-refractivity contribution in [1.29, 1.82) is 0 Å². The fourth-order valence-corrected chi connectivity index (χ4v) is 1.67. The van der Waals surface area contributed by atoms with Crippen LogP contribution in [0.25, 0.3) is 0 Å². The highest BCUT2D eigenvalue weighted by atomic mass is 31.1. The van der Waals surface area contributed by atoms with Crippen molar-refractivity contribution in [2.45, 2.75) is 39.4 Å². The van der Waals surface area contributed by atoms with E-state index in [4.69, 9.17) is 14.2 Å². The molecule has 0 aromatic heterocycles. The van der Waals surface area contributed by atoms with Gasteiger partial charge in [-0.2, -0.15) is 0 Å². The van der Waals surface area contributed by atoms with Crippen LogP contribution in [0.5, 0.6) is 0 Å². The van der Waals surface area contributed by atoms with Gasteiger partial charge in [0.1, 0.15) is 0 Å². The Bertz CT molecular complexity index is 225. The Morgan fingerprint density at radius 1 is 1.33 bits per heavy atom. The number of hydrogen-bond acceptors (Lipinski definition) is 5. The summed E-state index contributed by atoms with van der Waals surface area (Å²) in [5.74, 6) is -1.36. The monoisotopic (exact) mass is 240 g/mol. The average Bonchev–Trinajstić information content (AvgIpc) is 2.16. The maximum atomic E-state index is 11.1. The van der Waals surface area contributed by atoms with Gasteiger partial charge in [-0.1, -0.05) is 13.8 Å². The molecular formula is C8H17O6P. The van der Waals surface area contributed by atoms with E-state index in [9.17, 15) is 9.36 Å². The molecule has 15 heavy (non-hydrogen) atoms. The van der Waals surface area contributed by atoms with Gasteiger partial charge < -0.3 is 14.4 Å². The van der Waals surface area contributed by atoms with Gasteiger partial charge in [-0.05, 0) is 6.92 Å². The van der Waals surface area contributed by atoms with Crippen molar-refractivity contribution in [1.82, 2.24) is 0 Å². The third-order valence-electron chi connectivity index (χ3n) is 1.88. The first-order chi connectivity index (χ1) is 6.99. The predicted octanol–water partition coefficient (Wildman–Crippen LogP) is 2.07. The lowest BCUT2D eigenvalue weighted by Gasteiger charge is -2.28. The first kappa shape index (κ1) is 14.4. The van der Waals surface area contributed by atoms with E-state index >= 15 is 0 Å². The summed E-state index contributed by atoms with van der Waals surface area (Å²) in [7, 11) is -3.16. The Hall–Kier alpha value is -0.580. The highest BCUT2D eigenvalue weighted by Crippen LogP contribution is 2.32. The zero-order valence-corrected chi connectivity index (χ0v) is 10.1. The Balaban J connectivity index is 4.48. The minimum absolute atomic E-state index is 0.177. The molecule has 0 saturated carbocycles. The Morgan fingerprint density at radius 3 is 2.20 bits per heavy atom. The minimum atomic E-state index is -3.16. The highest BCUT2D eigenvalue weighted by molar-refractivity contribution is 7.32. The molecule has 0 bridgehead atoms. The van der Waals surface area contributed by atoms with Gasteiger partial charge >= 0.3 is 14.4 Å². The van der Waals surface area contributed by atoms with Gasteiger partial charge in [-0.25, -0.2) is 4.79 Å². The molecule has 0 aliphatic heterocycles. The van der Waals surface area contributed by atoms with Crippen molar-refractivity contribution < 1.29 is 28.3 Å². The van der Waals surface area contributed by atoms with E-state index in [1.165, 1.54) is 0 Å². The molecule has 90 valence electrons. The van der Waals surface area contributed by atoms with Gasteiger partial charge in [-0.3, -0.25) is 9.09 Å². The summed E-state index contributed by atoms with van der Waals surface area (Å²) in [4.78, 5) is 19.7. The molecule has 1 unspecified atom stereocenters. The molecule has 0 radical (unpaired) electrons. The normalized spacial score (nSPS) is 13.3. The molecule has 0 saturated heterocycles. The van der Waals surface area contributed by atoms with Crippen LogP contribution in [0.2, 0.25) is 0 Å². The van der Waals surface area contributed by atoms with Gasteiger partial charge in [0.05, 0.1) is 6.61 Å². The van der Waals surface area contributed by atoms with Gasteiger partial charge in [0.25, 0.3) is 0 Å². The molecular weight excluding hydrogens is 223 g/mol. The summed E-state index contributed by atoms with van der Waals surface area (Å²) < 4.78 is 24.8. The second-order valence-electron chi connectivity index (χ2n) is 2.77. The van der Waals surface area contributed by atoms with E-state index in [0.29, 0.717) is 0 Å². The van der Waals surface area contributed by atoms with E-state index in [-0.39, 0.29) is 19.4 Å². The van der Waals surface area contributed by atoms with Gasteiger partial charge in [-0.15, -0.1) is 0 Å². The second-order valence-corrected chi connectivity index (χ2v) is 3.51. The van der Waals surface area contributed by atoms with Crippen molar-refractivity contribution in [2.75, 3.05) is 6.61 Å². The summed E-state index contributed by atoms with van der Waals surface area (Å²) in [5, 5.41) is 0. The molecule has 0 fully saturated rings. The first-order valence-corrected chi connectivity index (χ1v) is 6.03. The standard InChI is InChI=1S/C8H17O6P/c1-4-8(5-2,14-15(10)11)13-7(9)12-6-3/h15H,4-6H2,1-3H3,(H,10,11). The van der Waals surface area contributed by atoms with Crippen LogP contribution in [0.1, 0.15) is 33.6 Å². The van der Waals surface area contributed by atoms with Gasteiger partial charge in [0, 0.05) is 12.8 Å². The SMILES string of the molecule is CCOC(=O)OC(CC)(CC)O[PH](=O)O. The largest absolute Gasteiger partial charge is 0.510 e. The van der Waals surface area contributed by atoms with Crippen LogP contribution in [0, 0.1) is 0 Å². The molecule has 1 N–H and O–H groups in total. The van der Waals surface area contributed by atoms with Gasteiger partial charge in [0.2, 0.25) is 5.79 Å². The van der Waals surface area contributed by atoms with E-state index in [2.05, 4.69) is 4.74 Å². The maximum absolute atomic E-state index is 11.1. The van der Waals surface area contributed by atoms with Crippen molar-refractivity contribution in [3.8, 4) is 0 Å². The van der Waals surface area contributed by atoms with Crippen molar-refractivity contribution in [2.24, 2.45) is 0 Å². The van der Waals surface area contributed by atoms with Gasteiger partial charge in [0.15, 0.2) is 0 Å². The molecule has 0 aromatic carbocycles. The highest BCUT2D eigenvalue weighted by Gasteiger charge is 2.34. The molecule has 0 rings (SSSR count). The van der Waals surface area contributed by atoms with Crippen LogP contribution in [-0.4, -0.2) is 23.4 Å². The lowest BCUT2D eigenvalue weighted by molar-refractivity contribution is -0.161. The fraction of sp³-hybridized carbons (Fsp3) is 0.875. The zero-order valence-electron chi connectivity index (χ0n) is 9.11.